The van der Waals surface area contributed by atoms with Gasteiger partial charge >= 0.3 is 0 Å². The quantitative estimate of drug-likeness (QED) is 0.923. The van der Waals surface area contributed by atoms with E-state index in [1.54, 1.807) is 6.20 Å². The van der Waals surface area contributed by atoms with Crippen LogP contribution in [0.25, 0.3) is 0 Å². The van der Waals surface area contributed by atoms with Crippen LogP contribution in [0.4, 0.5) is 0 Å². The van der Waals surface area contributed by atoms with Crippen molar-refractivity contribution < 1.29 is 4.79 Å². The van der Waals surface area contributed by atoms with Crippen molar-refractivity contribution in [3.05, 3.63) is 65.5 Å². The second-order valence-corrected chi connectivity index (χ2v) is 7.33. The van der Waals surface area contributed by atoms with Crippen LogP contribution in [-0.4, -0.2) is 35.4 Å². The molecule has 1 N–H and O–H groups in total. The Morgan fingerprint density at radius 3 is 2.58 bits per heavy atom. The predicted octanol–water partition coefficient (Wildman–Crippen LogP) is 3.17. The molecule has 1 amide bonds. The van der Waals surface area contributed by atoms with E-state index in [0.717, 1.165) is 24.2 Å². The van der Waals surface area contributed by atoms with Gasteiger partial charge in [0.15, 0.2) is 0 Å². The van der Waals surface area contributed by atoms with E-state index in [9.17, 15) is 4.79 Å². The third-order valence-corrected chi connectivity index (χ3v) is 4.57. The summed E-state index contributed by atoms with van der Waals surface area (Å²) in [5.74, 6) is 0.0887. The number of rotatable bonds is 2. The molecular formula is C20H25N3O. The van der Waals surface area contributed by atoms with Gasteiger partial charge in [-0.15, -0.1) is 0 Å². The maximum absolute atomic E-state index is 13.0. The first-order valence-electron chi connectivity index (χ1n) is 8.49. The number of carbonyl (C=O) groups excluding carboxylic acids is 1. The average Bonchev–Trinajstić information content (AvgIpc) is 2.61. The summed E-state index contributed by atoms with van der Waals surface area (Å²) in [6.07, 6.45) is 3.61. The fourth-order valence-corrected chi connectivity index (χ4v) is 3.10. The van der Waals surface area contributed by atoms with E-state index in [2.05, 4.69) is 43.2 Å². The fourth-order valence-electron chi connectivity index (χ4n) is 3.10. The molecule has 1 aromatic carbocycles. The Labute approximate surface area is 143 Å². The second kappa shape index (κ2) is 6.73. The third-order valence-electron chi connectivity index (χ3n) is 4.57. The number of hydrogen-bond donors (Lipinski definition) is 1. The number of pyridine rings is 1. The van der Waals surface area contributed by atoms with E-state index < -0.39 is 0 Å². The van der Waals surface area contributed by atoms with Gasteiger partial charge in [-0.1, -0.05) is 39.0 Å². The lowest BCUT2D eigenvalue weighted by Crippen LogP contribution is -2.48. The van der Waals surface area contributed by atoms with Gasteiger partial charge in [-0.25, -0.2) is 0 Å². The summed E-state index contributed by atoms with van der Waals surface area (Å²) in [4.78, 5) is 19.2. The number of piperazine rings is 1. The zero-order chi connectivity index (χ0) is 17.2. The minimum Gasteiger partial charge on any atom is -0.329 e. The van der Waals surface area contributed by atoms with E-state index in [-0.39, 0.29) is 17.4 Å². The molecule has 4 heteroatoms. The molecule has 4 nitrogen and oxygen atoms in total. The number of nitrogens with zero attached hydrogens (tertiary/aromatic N) is 2. The highest BCUT2D eigenvalue weighted by Crippen LogP contribution is 2.26. The standard InChI is InChI=1S/C20H25N3O/c1-20(2,3)17-8-6-15(7-9-17)19(24)23-12-11-22-14-18(23)16-5-4-10-21-13-16/h4-10,13,18,22H,11-12,14H2,1-3H3. The first kappa shape index (κ1) is 16.7. The Kier molecular flexibility index (Phi) is 4.67. The van der Waals surface area contributed by atoms with Crippen LogP contribution in [-0.2, 0) is 5.41 Å². The minimum absolute atomic E-state index is 0.0299. The SMILES string of the molecule is CC(C)(C)c1ccc(C(=O)N2CCNCC2c2cccnc2)cc1. The molecule has 1 aliphatic rings. The maximum atomic E-state index is 13.0. The lowest BCUT2D eigenvalue weighted by atomic mass is 9.86. The van der Waals surface area contributed by atoms with Crippen LogP contribution in [0.1, 0.15) is 48.3 Å². The molecule has 1 saturated heterocycles. The third kappa shape index (κ3) is 3.49. The summed E-state index contributed by atoms with van der Waals surface area (Å²) in [7, 11) is 0. The molecule has 2 aromatic rings. The highest BCUT2D eigenvalue weighted by molar-refractivity contribution is 5.94. The van der Waals surface area contributed by atoms with Crippen LogP contribution in [0.15, 0.2) is 48.8 Å². The van der Waals surface area contributed by atoms with Gasteiger partial charge in [0.1, 0.15) is 0 Å². The van der Waals surface area contributed by atoms with Crippen molar-refractivity contribution in [3.8, 4) is 0 Å². The topological polar surface area (TPSA) is 45.2 Å². The van der Waals surface area contributed by atoms with Crippen LogP contribution >= 0.6 is 0 Å². The Hall–Kier alpha value is -2.20. The fraction of sp³-hybridized carbons (Fsp3) is 0.400. The van der Waals surface area contributed by atoms with E-state index >= 15 is 0 Å². The molecule has 0 spiro atoms. The summed E-state index contributed by atoms with van der Waals surface area (Å²) >= 11 is 0. The normalized spacial score (nSPS) is 18.5. The smallest absolute Gasteiger partial charge is 0.254 e. The number of hydrogen-bond acceptors (Lipinski definition) is 3. The van der Waals surface area contributed by atoms with Gasteiger partial charge in [-0.2, -0.15) is 0 Å². The summed E-state index contributed by atoms with van der Waals surface area (Å²) < 4.78 is 0. The van der Waals surface area contributed by atoms with Crippen LogP contribution in [0.3, 0.4) is 0 Å². The first-order chi connectivity index (χ1) is 11.5. The molecule has 0 radical (unpaired) electrons. The van der Waals surface area contributed by atoms with Crippen LogP contribution < -0.4 is 5.32 Å². The zero-order valence-electron chi connectivity index (χ0n) is 14.6. The molecule has 1 atom stereocenters. The van der Waals surface area contributed by atoms with Gasteiger partial charge < -0.3 is 10.2 Å². The van der Waals surface area contributed by atoms with E-state index in [0.29, 0.717) is 6.54 Å². The molecule has 1 aromatic heterocycles. The largest absolute Gasteiger partial charge is 0.329 e. The maximum Gasteiger partial charge on any atom is 0.254 e. The molecule has 3 rings (SSSR count). The van der Waals surface area contributed by atoms with Crippen LogP contribution in [0, 0.1) is 0 Å². The molecule has 1 unspecified atom stereocenters. The van der Waals surface area contributed by atoms with Gasteiger partial charge in [-0.05, 0) is 34.7 Å². The van der Waals surface area contributed by atoms with Gasteiger partial charge in [0, 0.05) is 37.6 Å². The molecule has 1 aliphatic heterocycles. The second-order valence-electron chi connectivity index (χ2n) is 7.33. The van der Waals surface area contributed by atoms with Gasteiger partial charge in [0.2, 0.25) is 0 Å². The summed E-state index contributed by atoms with van der Waals surface area (Å²) in [5.41, 5.74) is 3.15. The van der Waals surface area contributed by atoms with Crippen LogP contribution in [0.2, 0.25) is 0 Å². The number of carbonyl (C=O) groups is 1. The molecule has 24 heavy (non-hydrogen) atoms. The number of amides is 1. The predicted molar refractivity (Wildman–Crippen MR) is 96.0 cm³/mol. The number of nitrogens with one attached hydrogen (secondary N) is 1. The van der Waals surface area contributed by atoms with Crippen molar-refractivity contribution in [1.82, 2.24) is 15.2 Å². The Bertz CT molecular complexity index is 689. The molecule has 0 aliphatic carbocycles. The van der Waals surface area contributed by atoms with E-state index in [4.69, 9.17) is 0 Å². The van der Waals surface area contributed by atoms with Crippen molar-refractivity contribution in [2.75, 3.05) is 19.6 Å². The average molecular weight is 323 g/mol. The lowest BCUT2D eigenvalue weighted by Gasteiger charge is -2.36. The van der Waals surface area contributed by atoms with Crippen molar-refractivity contribution in [1.29, 1.82) is 0 Å². The molecule has 1 fully saturated rings. The van der Waals surface area contributed by atoms with Crippen molar-refractivity contribution in [3.63, 3.8) is 0 Å². The molecule has 0 saturated carbocycles. The Balaban J connectivity index is 1.84. The number of aromatic nitrogens is 1. The zero-order valence-corrected chi connectivity index (χ0v) is 14.6. The summed E-state index contributed by atoms with van der Waals surface area (Å²) in [5, 5.41) is 3.38. The highest BCUT2D eigenvalue weighted by Gasteiger charge is 2.28. The Morgan fingerprint density at radius 2 is 1.96 bits per heavy atom. The molecule has 0 bridgehead atoms. The summed E-state index contributed by atoms with van der Waals surface area (Å²) in [6, 6.07) is 12.0. The lowest BCUT2D eigenvalue weighted by molar-refractivity contribution is 0.0634. The van der Waals surface area contributed by atoms with Gasteiger partial charge in [0.25, 0.3) is 5.91 Å². The summed E-state index contributed by atoms with van der Waals surface area (Å²) in [6.45, 7) is 8.83. The van der Waals surface area contributed by atoms with Crippen molar-refractivity contribution >= 4 is 5.91 Å². The number of benzene rings is 1. The molecular weight excluding hydrogens is 298 g/mol. The van der Waals surface area contributed by atoms with E-state index in [1.165, 1.54) is 5.56 Å². The highest BCUT2D eigenvalue weighted by atomic mass is 16.2. The Morgan fingerprint density at radius 1 is 1.21 bits per heavy atom. The minimum atomic E-state index is 0.0299. The monoisotopic (exact) mass is 323 g/mol. The molecule has 2 heterocycles. The van der Waals surface area contributed by atoms with Crippen molar-refractivity contribution in [2.24, 2.45) is 0 Å². The first-order valence-corrected chi connectivity index (χ1v) is 8.49. The van der Waals surface area contributed by atoms with Gasteiger partial charge in [0.05, 0.1) is 6.04 Å². The van der Waals surface area contributed by atoms with Gasteiger partial charge in [-0.3, -0.25) is 9.78 Å². The van der Waals surface area contributed by atoms with Crippen molar-refractivity contribution in [2.45, 2.75) is 32.2 Å². The molecule has 126 valence electrons. The van der Waals surface area contributed by atoms with E-state index in [1.807, 2.05) is 35.4 Å². The van der Waals surface area contributed by atoms with Crippen LogP contribution in [0.5, 0.6) is 0 Å².